The molecule has 164 valence electrons. The van der Waals surface area contributed by atoms with Crippen LogP contribution in [0.2, 0.25) is 0 Å². The van der Waals surface area contributed by atoms with Crippen molar-refractivity contribution < 1.29 is 28.8 Å². The number of aliphatic hydroxyl groups is 1. The molecule has 0 aromatic heterocycles. The van der Waals surface area contributed by atoms with Crippen molar-refractivity contribution in [1.29, 1.82) is 5.26 Å². The average molecular weight is 426 g/mol. The molecule has 2 N–H and O–H groups in total. The van der Waals surface area contributed by atoms with Gasteiger partial charge in [0, 0.05) is 12.5 Å². The van der Waals surface area contributed by atoms with Gasteiger partial charge < -0.3 is 29.4 Å². The summed E-state index contributed by atoms with van der Waals surface area (Å²) < 4.78 is 22.2. The monoisotopic (exact) mass is 426 g/mol. The van der Waals surface area contributed by atoms with Crippen LogP contribution < -0.4 is 19.5 Å². The molecule has 0 bridgehead atoms. The average Bonchev–Trinajstić information content (AvgIpc) is 2.99. The molecule has 1 aromatic carbocycles. The van der Waals surface area contributed by atoms with Gasteiger partial charge in [-0.15, -0.1) is 0 Å². The molecular weight excluding hydrogens is 400 g/mol. The number of aryl methyl sites for hydroxylation is 1. The lowest BCUT2D eigenvalue weighted by atomic mass is 9.92. The zero-order chi connectivity index (χ0) is 22.7. The fourth-order valence-corrected chi connectivity index (χ4v) is 4.10. The summed E-state index contributed by atoms with van der Waals surface area (Å²) in [7, 11) is 6.04. The van der Waals surface area contributed by atoms with Gasteiger partial charge in [0.2, 0.25) is 11.7 Å². The number of hydrogen-bond acceptors (Lipinski definition) is 7. The van der Waals surface area contributed by atoms with E-state index in [1.165, 1.54) is 28.3 Å². The van der Waals surface area contributed by atoms with Crippen molar-refractivity contribution >= 4 is 11.5 Å². The molecule has 0 spiro atoms. The van der Waals surface area contributed by atoms with Crippen LogP contribution in [0.1, 0.15) is 24.5 Å². The molecule has 0 aliphatic heterocycles. The lowest BCUT2D eigenvalue weighted by molar-refractivity contribution is -0.119. The molecule has 2 aliphatic carbocycles. The van der Waals surface area contributed by atoms with E-state index < -0.39 is 6.10 Å². The summed E-state index contributed by atoms with van der Waals surface area (Å²) in [5, 5.41) is 23.4. The second-order valence-electron chi connectivity index (χ2n) is 7.21. The van der Waals surface area contributed by atoms with Crippen molar-refractivity contribution in [2.24, 2.45) is 0 Å². The third-order valence-corrected chi connectivity index (χ3v) is 5.47. The van der Waals surface area contributed by atoms with Gasteiger partial charge in [-0.05, 0) is 47.8 Å². The molecule has 1 amide bonds. The minimum atomic E-state index is -1.23. The van der Waals surface area contributed by atoms with Gasteiger partial charge in [-0.2, -0.15) is 5.26 Å². The molecule has 1 aromatic rings. The van der Waals surface area contributed by atoms with E-state index >= 15 is 0 Å². The SMILES string of the molecule is COC1=CC2=C(C=C(C#N)[C@@H]1O)c1c(cc(OC)c(OC)c1OC)CC[C@@H]2NC(C)=O. The number of rotatable bonds is 5. The molecule has 2 atom stereocenters. The summed E-state index contributed by atoms with van der Waals surface area (Å²) in [6.45, 7) is 1.45. The molecule has 0 fully saturated rings. The predicted octanol–water partition coefficient (Wildman–Crippen LogP) is 2.27. The smallest absolute Gasteiger partial charge is 0.217 e. The Morgan fingerprint density at radius 1 is 1.13 bits per heavy atom. The first-order chi connectivity index (χ1) is 14.9. The highest BCUT2D eigenvalue weighted by Crippen LogP contribution is 2.48. The topological polar surface area (TPSA) is 110 Å². The molecule has 2 aliphatic rings. The Kier molecular flexibility index (Phi) is 6.56. The summed E-state index contributed by atoms with van der Waals surface area (Å²) in [5.74, 6) is 1.42. The Morgan fingerprint density at radius 2 is 1.84 bits per heavy atom. The lowest BCUT2D eigenvalue weighted by Gasteiger charge is -2.21. The summed E-state index contributed by atoms with van der Waals surface area (Å²) in [5.41, 5.74) is 3.10. The first kappa shape index (κ1) is 22.2. The number of aliphatic hydroxyl groups excluding tert-OH is 1. The van der Waals surface area contributed by atoms with Crippen LogP contribution in [-0.4, -0.2) is 51.6 Å². The van der Waals surface area contributed by atoms with Gasteiger partial charge >= 0.3 is 0 Å². The highest BCUT2D eigenvalue weighted by atomic mass is 16.5. The number of amides is 1. The van der Waals surface area contributed by atoms with E-state index in [-0.39, 0.29) is 23.3 Å². The molecule has 8 heteroatoms. The zero-order valence-corrected chi connectivity index (χ0v) is 18.2. The van der Waals surface area contributed by atoms with Gasteiger partial charge in [0.25, 0.3) is 0 Å². The fourth-order valence-electron chi connectivity index (χ4n) is 4.10. The number of carbonyl (C=O) groups is 1. The number of hydrogen-bond donors (Lipinski definition) is 2. The zero-order valence-electron chi connectivity index (χ0n) is 18.2. The molecule has 31 heavy (non-hydrogen) atoms. The number of methoxy groups -OCH3 is 4. The van der Waals surface area contributed by atoms with Crippen molar-refractivity contribution in [1.82, 2.24) is 5.32 Å². The number of allylic oxidation sites excluding steroid dienone is 2. The van der Waals surface area contributed by atoms with Crippen LogP contribution >= 0.6 is 0 Å². The van der Waals surface area contributed by atoms with E-state index in [4.69, 9.17) is 18.9 Å². The minimum absolute atomic E-state index is 0.115. The van der Waals surface area contributed by atoms with E-state index in [9.17, 15) is 15.2 Å². The maximum atomic E-state index is 11.9. The second kappa shape index (κ2) is 9.14. The first-order valence-electron chi connectivity index (χ1n) is 9.78. The van der Waals surface area contributed by atoms with Crippen LogP contribution in [-0.2, 0) is 16.0 Å². The van der Waals surface area contributed by atoms with Crippen LogP contribution in [0, 0.1) is 11.3 Å². The molecule has 8 nitrogen and oxygen atoms in total. The highest BCUT2D eigenvalue weighted by molar-refractivity contribution is 5.89. The molecule has 0 unspecified atom stereocenters. The largest absolute Gasteiger partial charge is 0.498 e. The van der Waals surface area contributed by atoms with Crippen LogP contribution in [0.15, 0.2) is 35.1 Å². The summed E-state index contributed by atoms with van der Waals surface area (Å²) in [6.07, 6.45) is 3.28. The van der Waals surface area contributed by atoms with E-state index in [1.54, 1.807) is 19.3 Å². The van der Waals surface area contributed by atoms with Gasteiger partial charge in [0.05, 0.1) is 46.1 Å². The minimum Gasteiger partial charge on any atom is -0.498 e. The van der Waals surface area contributed by atoms with Gasteiger partial charge in [0.1, 0.15) is 11.9 Å². The normalized spacial score (nSPS) is 20.0. The Balaban J connectivity index is 2.44. The summed E-state index contributed by atoms with van der Waals surface area (Å²) in [4.78, 5) is 11.9. The number of nitriles is 1. The van der Waals surface area contributed by atoms with Crippen molar-refractivity contribution in [3.63, 3.8) is 0 Å². The predicted molar refractivity (Wildman–Crippen MR) is 114 cm³/mol. The van der Waals surface area contributed by atoms with Gasteiger partial charge in [-0.25, -0.2) is 0 Å². The quantitative estimate of drug-likeness (QED) is 0.743. The molecular formula is C23H26N2O6. The Morgan fingerprint density at radius 3 is 2.39 bits per heavy atom. The molecule has 3 rings (SSSR count). The Hall–Kier alpha value is -3.44. The van der Waals surface area contributed by atoms with Crippen molar-refractivity contribution in [2.45, 2.75) is 31.9 Å². The fraction of sp³-hybridized carbons (Fsp3) is 0.391. The van der Waals surface area contributed by atoms with Crippen molar-refractivity contribution in [3.05, 3.63) is 46.3 Å². The van der Waals surface area contributed by atoms with E-state index in [0.717, 1.165) is 11.1 Å². The lowest BCUT2D eigenvalue weighted by Crippen LogP contribution is -2.34. The number of nitrogens with one attached hydrogen (secondary N) is 1. The van der Waals surface area contributed by atoms with Crippen molar-refractivity contribution in [2.75, 3.05) is 28.4 Å². The first-order valence-corrected chi connectivity index (χ1v) is 9.78. The van der Waals surface area contributed by atoms with Crippen LogP contribution in [0.25, 0.3) is 5.57 Å². The molecule has 0 saturated heterocycles. The maximum absolute atomic E-state index is 11.9. The Bertz CT molecular complexity index is 1030. The highest BCUT2D eigenvalue weighted by Gasteiger charge is 2.33. The number of fused-ring (bicyclic) bond motifs is 2. The number of carbonyl (C=O) groups excluding carboxylic acids is 1. The van der Waals surface area contributed by atoms with Gasteiger partial charge in [-0.1, -0.05) is 0 Å². The van der Waals surface area contributed by atoms with Gasteiger partial charge in [-0.3, -0.25) is 4.79 Å². The third kappa shape index (κ3) is 3.97. The van der Waals surface area contributed by atoms with E-state index in [0.29, 0.717) is 41.2 Å². The van der Waals surface area contributed by atoms with Gasteiger partial charge in [0.15, 0.2) is 11.5 Å². The van der Waals surface area contributed by atoms with Crippen LogP contribution in [0.5, 0.6) is 17.2 Å². The number of benzene rings is 1. The van der Waals surface area contributed by atoms with E-state index in [1.807, 2.05) is 6.07 Å². The summed E-state index contributed by atoms with van der Waals surface area (Å²) >= 11 is 0. The standard InChI is InChI=1S/C23H26N2O6/c1-12(26)25-17-7-6-13-9-19(29-3)22(30-4)23(31-5)20(13)16-8-14(11-24)21(27)18(28-2)10-15(16)17/h8-10,17,21,27H,6-7H2,1-5H3,(H,25,26)/t17-,21-/m0/s1. The number of ether oxygens (including phenoxy) is 4. The third-order valence-electron chi connectivity index (χ3n) is 5.47. The molecule has 0 saturated carbocycles. The maximum Gasteiger partial charge on any atom is 0.217 e. The molecule has 0 radical (unpaired) electrons. The molecule has 0 heterocycles. The summed E-state index contributed by atoms with van der Waals surface area (Å²) in [6, 6.07) is 3.57. The van der Waals surface area contributed by atoms with Crippen LogP contribution in [0.4, 0.5) is 0 Å². The van der Waals surface area contributed by atoms with E-state index in [2.05, 4.69) is 11.4 Å². The Labute approximate surface area is 181 Å². The van der Waals surface area contributed by atoms with Crippen molar-refractivity contribution in [3.8, 4) is 23.3 Å². The second-order valence-corrected chi connectivity index (χ2v) is 7.21. The van der Waals surface area contributed by atoms with Crippen LogP contribution in [0.3, 0.4) is 0 Å². The number of nitrogens with zero attached hydrogens (tertiary/aromatic N) is 1.